The van der Waals surface area contributed by atoms with Gasteiger partial charge in [-0.15, -0.1) is 0 Å². The fourth-order valence-electron chi connectivity index (χ4n) is 0.580. The molecule has 0 aliphatic rings. The highest BCUT2D eigenvalue weighted by Crippen LogP contribution is 2.09. The molecule has 0 radical (unpaired) electrons. The van der Waals surface area contributed by atoms with E-state index in [0.717, 1.165) is 11.3 Å². The molecule has 1 aromatic heterocycles. The molecule has 2 nitrogen and oxygen atoms in total. The first-order valence-corrected chi connectivity index (χ1v) is 3.79. The standard InChI is InChI=1S/C7H7BrN2/c1-6(4-8)7-2-3-9-5-10-7/h2-5H,1H3. The Labute approximate surface area is 68.1 Å². The quantitative estimate of drug-likeness (QED) is 0.692. The van der Waals surface area contributed by atoms with E-state index in [1.807, 2.05) is 18.0 Å². The van der Waals surface area contributed by atoms with E-state index in [2.05, 4.69) is 25.9 Å². The second-order valence-electron chi connectivity index (χ2n) is 1.89. The maximum Gasteiger partial charge on any atom is 0.116 e. The van der Waals surface area contributed by atoms with Crippen molar-refractivity contribution in [3.05, 3.63) is 29.3 Å². The smallest absolute Gasteiger partial charge is 0.116 e. The van der Waals surface area contributed by atoms with Crippen molar-refractivity contribution in [2.45, 2.75) is 6.92 Å². The molecule has 1 aromatic rings. The van der Waals surface area contributed by atoms with Crippen LogP contribution in [0, 0.1) is 0 Å². The van der Waals surface area contributed by atoms with Gasteiger partial charge < -0.3 is 0 Å². The molecule has 0 bridgehead atoms. The van der Waals surface area contributed by atoms with E-state index in [-0.39, 0.29) is 0 Å². The minimum absolute atomic E-state index is 0.951. The Hall–Kier alpha value is -0.700. The van der Waals surface area contributed by atoms with Gasteiger partial charge in [0.05, 0.1) is 5.69 Å². The molecule has 0 spiro atoms. The van der Waals surface area contributed by atoms with Crippen LogP contribution in [0.3, 0.4) is 0 Å². The summed E-state index contributed by atoms with van der Waals surface area (Å²) in [5, 5.41) is 0. The summed E-state index contributed by atoms with van der Waals surface area (Å²) in [6.45, 7) is 1.98. The minimum Gasteiger partial charge on any atom is -0.245 e. The molecular weight excluding hydrogens is 192 g/mol. The Morgan fingerprint density at radius 2 is 2.50 bits per heavy atom. The number of rotatable bonds is 1. The molecule has 0 N–H and O–H groups in total. The molecule has 0 unspecified atom stereocenters. The van der Waals surface area contributed by atoms with E-state index in [1.54, 1.807) is 6.20 Å². The number of aromatic nitrogens is 2. The van der Waals surface area contributed by atoms with Crippen LogP contribution >= 0.6 is 15.9 Å². The van der Waals surface area contributed by atoms with E-state index < -0.39 is 0 Å². The van der Waals surface area contributed by atoms with Gasteiger partial charge in [-0.25, -0.2) is 9.97 Å². The molecule has 0 atom stereocenters. The summed E-state index contributed by atoms with van der Waals surface area (Å²) in [4.78, 5) is 9.69. The van der Waals surface area contributed by atoms with Gasteiger partial charge in [-0.1, -0.05) is 15.9 Å². The summed E-state index contributed by atoms with van der Waals surface area (Å²) in [6.07, 6.45) is 3.26. The van der Waals surface area contributed by atoms with Crippen LogP contribution in [0.15, 0.2) is 23.6 Å². The molecule has 0 aliphatic heterocycles. The SMILES string of the molecule is CC(=CBr)c1ccncn1. The fraction of sp³-hybridized carbons (Fsp3) is 0.143. The largest absolute Gasteiger partial charge is 0.245 e. The number of hydrogen-bond donors (Lipinski definition) is 0. The summed E-state index contributed by atoms with van der Waals surface area (Å²) >= 11 is 3.23. The maximum absolute atomic E-state index is 4.04. The van der Waals surface area contributed by atoms with Crippen molar-refractivity contribution in [1.82, 2.24) is 9.97 Å². The van der Waals surface area contributed by atoms with Gasteiger partial charge in [0.25, 0.3) is 0 Å². The lowest BCUT2D eigenvalue weighted by atomic mass is 10.2. The number of allylic oxidation sites excluding steroid dienone is 1. The summed E-state index contributed by atoms with van der Waals surface area (Å²) in [7, 11) is 0. The van der Waals surface area contributed by atoms with Crippen molar-refractivity contribution in [2.24, 2.45) is 0 Å². The molecule has 0 saturated carbocycles. The van der Waals surface area contributed by atoms with Gasteiger partial charge in [-0.05, 0) is 23.5 Å². The molecule has 0 fully saturated rings. The normalized spacial score (nSPS) is 11.6. The van der Waals surface area contributed by atoms with E-state index in [9.17, 15) is 0 Å². The van der Waals surface area contributed by atoms with Crippen LogP contribution in [-0.2, 0) is 0 Å². The van der Waals surface area contributed by atoms with Crippen molar-refractivity contribution in [3.8, 4) is 0 Å². The second kappa shape index (κ2) is 3.46. The molecule has 1 heterocycles. The first-order valence-electron chi connectivity index (χ1n) is 2.88. The van der Waals surface area contributed by atoms with Crippen molar-refractivity contribution in [2.75, 3.05) is 0 Å². The first kappa shape index (κ1) is 7.41. The van der Waals surface area contributed by atoms with Crippen molar-refractivity contribution in [3.63, 3.8) is 0 Å². The van der Waals surface area contributed by atoms with Gasteiger partial charge in [0.15, 0.2) is 0 Å². The van der Waals surface area contributed by atoms with E-state index in [0.29, 0.717) is 0 Å². The lowest BCUT2D eigenvalue weighted by Gasteiger charge is -1.94. The average molecular weight is 199 g/mol. The Morgan fingerprint density at radius 1 is 1.70 bits per heavy atom. The maximum atomic E-state index is 4.04. The third-order valence-corrected chi connectivity index (χ3v) is 1.84. The predicted molar refractivity (Wildman–Crippen MR) is 44.6 cm³/mol. The molecule has 10 heavy (non-hydrogen) atoms. The number of nitrogens with zero attached hydrogens (tertiary/aromatic N) is 2. The summed E-state index contributed by atoms with van der Waals surface area (Å²) < 4.78 is 0. The third-order valence-electron chi connectivity index (χ3n) is 1.15. The third kappa shape index (κ3) is 1.64. The van der Waals surface area contributed by atoms with Crippen molar-refractivity contribution >= 4 is 21.5 Å². The molecular formula is C7H7BrN2. The lowest BCUT2D eigenvalue weighted by molar-refractivity contribution is 1.14. The number of halogens is 1. The predicted octanol–water partition coefficient (Wildman–Crippen LogP) is 2.23. The van der Waals surface area contributed by atoms with Crippen LogP contribution in [0.25, 0.3) is 5.57 Å². The van der Waals surface area contributed by atoms with Gasteiger partial charge in [0, 0.05) is 6.20 Å². The summed E-state index contributed by atoms with van der Waals surface area (Å²) in [5.74, 6) is 0. The highest BCUT2D eigenvalue weighted by atomic mass is 79.9. The minimum atomic E-state index is 0.951. The fourth-order valence-corrected chi connectivity index (χ4v) is 0.814. The summed E-state index contributed by atoms with van der Waals surface area (Å²) in [6, 6.07) is 1.87. The zero-order chi connectivity index (χ0) is 7.40. The monoisotopic (exact) mass is 198 g/mol. The van der Waals surface area contributed by atoms with Gasteiger partial charge >= 0.3 is 0 Å². The van der Waals surface area contributed by atoms with Gasteiger partial charge in [0.1, 0.15) is 6.33 Å². The highest BCUT2D eigenvalue weighted by molar-refractivity contribution is 9.11. The molecule has 1 rings (SSSR count). The molecule has 0 aromatic carbocycles. The zero-order valence-corrected chi connectivity index (χ0v) is 7.17. The Kier molecular flexibility index (Phi) is 2.57. The van der Waals surface area contributed by atoms with Gasteiger partial charge in [-0.2, -0.15) is 0 Å². The van der Waals surface area contributed by atoms with Crippen LogP contribution in [0.1, 0.15) is 12.6 Å². The van der Waals surface area contributed by atoms with Crippen LogP contribution in [0.2, 0.25) is 0 Å². The van der Waals surface area contributed by atoms with Crippen LogP contribution in [-0.4, -0.2) is 9.97 Å². The van der Waals surface area contributed by atoms with Crippen molar-refractivity contribution < 1.29 is 0 Å². The van der Waals surface area contributed by atoms with E-state index >= 15 is 0 Å². The first-order chi connectivity index (χ1) is 4.84. The molecule has 0 aliphatic carbocycles. The van der Waals surface area contributed by atoms with E-state index in [1.165, 1.54) is 6.33 Å². The lowest BCUT2D eigenvalue weighted by Crippen LogP contribution is -1.84. The molecule has 0 amide bonds. The van der Waals surface area contributed by atoms with Crippen molar-refractivity contribution in [1.29, 1.82) is 0 Å². The Bertz CT molecular complexity index is 231. The molecule has 3 heteroatoms. The van der Waals surface area contributed by atoms with Crippen LogP contribution in [0.5, 0.6) is 0 Å². The number of hydrogen-bond acceptors (Lipinski definition) is 2. The highest BCUT2D eigenvalue weighted by Gasteiger charge is 1.92. The topological polar surface area (TPSA) is 25.8 Å². The Morgan fingerprint density at radius 3 is 3.00 bits per heavy atom. The zero-order valence-electron chi connectivity index (χ0n) is 5.58. The molecule has 52 valence electrons. The van der Waals surface area contributed by atoms with E-state index in [4.69, 9.17) is 0 Å². The summed E-state index contributed by atoms with van der Waals surface area (Å²) in [5.41, 5.74) is 2.05. The van der Waals surface area contributed by atoms with Crippen LogP contribution < -0.4 is 0 Å². The van der Waals surface area contributed by atoms with Gasteiger partial charge in [-0.3, -0.25) is 0 Å². The Balaban J connectivity index is 2.96. The second-order valence-corrected chi connectivity index (χ2v) is 2.34. The van der Waals surface area contributed by atoms with Crippen LogP contribution in [0.4, 0.5) is 0 Å². The average Bonchev–Trinajstić information content (AvgIpc) is 2.05. The molecule has 0 saturated heterocycles. The van der Waals surface area contributed by atoms with Gasteiger partial charge in [0.2, 0.25) is 0 Å².